The van der Waals surface area contributed by atoms with Gasteiger partial charge in [-0.3, -0.25) is 14.8 Å². The zero-order valence-electron chi connectivity index (χ0n) is 14.4. The van der Waals surface area contributed by atoms with Crippen LogP contribution in [0.2, 0.25) is 0 Å². The highest BCUT2D eigenvalue weighted by molar-refractivity contribution is 5.93. The second-order valence-corrected chi connectivity index (χ2v) is 6.05. The maximum atomic E-state index is 12.6. The minimum atomic E-state index is -0.496. The number of rotatable bonds is 7. The standard InChI is InChI=1S/C17H24N4O4/c1-2-24-12-13(22)11-20-5-7-21(8-6-20)17(23)15-10-14(18-19-15)16-4-3-9-25-16/h3-4,9-10,13,22H,2,5-8,11-12H2,1H3,(H,18,19)/t13-/m0/s1. The number of aromatic amines is 1. The summed E-state index contributed by atoms with van der Waals surface area (Å²) < 4.78 is 10.5. The summed E-state index contributed by atoms with van der Waals surface area (Å²) in [5, 5.41) is 16.8. The molecule has 8 nitrogen and oxygen atoms in total. The van der Waals surface area contributed by atoms with E-state index >= 15 is 0 Å². The van der Waals surface area contributed by atoms with Gasteiger partial charge < -0.3 is 19.2 Å². The maximum absolute atomic E-state index is 12.6. The lowest BCUT2D eigenvalue weighted by atomic mass is 10.2. The number of β-amino-alcohol motifs (C(OH)–C–C–N with tert-alkyl or cyclic N) is 1. The van der Waals surface area contributed by atoms with Crippen LogP contribution in [0.3, 0.4) is 0 Å². The summed E-state index contributed by atoms with van der Waals surface area (Å²) in [6.07, 6.45) is 1.08. The molecule has 2 aromatic rings. The van der Waals surface area contributed by atoms with E-state index in [0.717, 1.165) is 13.1 Å². The minimum absolute atomic E-state index is 0.0939. The number of hydrogen-bond donors (Lipinski definition) is 2. The Kier molecular flexibility index (Phi) is 5.85. The fourth-order valence-electron chi connectivity index (χ4n) is 2.89. The Bertz CT molecular complexity index is 662. The second-order valence-electron chi connectivity index (χ2n) is 6.05. The molecular formula is C17H24N4O4. The van der Waals surface area contributed by atoms with Crippen molar-refractivity contribution in [1.82, 2.24) is 20.0 Å². The van der Waals surface area contributed by atoms with Gasteiger partial charge in [0.25, 0.3) is 5.91 Å². The van der Waals surface area contributed by atoms with Crippen LogP contribution >= 0.6 is 0 Å². The van der Waals surface area contributed by atoms with Crippen molar-refractivity contribution in [3.05, 3.63) is 30.2 Å². The van der Waals surface area contributed by atoms with Crippen molar-refractivity contribution in [2.75, 3.05) is 45.9 Å². The molecule has 3 heterocycles. The van der Waals surface area contributed by atoms with Gasteiger partial charge in [-0.15, -0.1) is 0 Å². The molecule has 1 aliphatic rings. The fourth-order valence-corrected chi connectivity index (χ4v) is 2.89. The van der Waals surface area contributed by atoms with Crippen LogP contribution in [0, 0.1) is 0 Å². The Morgan fingerprint density at radius 2 is 2.24 bits per heavy atom. The van der Waals surface area contributed by atoms with Gasteiger partial charge in [0.1, 0.15) is 5.69 Å². The number of aromatic nitrogens is 2. The molecule has 0 radical (unpaired) electrons. The van der Waals surface area contributed by atoms with Crippen LogP contribution in [0.4, 0.5) is 0 Å². The third-order valence-corrected chi connectivity index (χ3v) is 4.23. The van der Waals surface area contributed by atoms with E-state index in [1.165, 1.54) is 0 Å². The minimum Gasteiger partial charge on any atom is -0.463 e. The van der Waals surface area contributed by atoms with Crippen LogP contribution in [0.5, 0.6) is 0 Å². The number of nitrogens with zero attached hydrogens (tertiary/aromatic N) is 3. The van der Waals surface area contributed by atoms with Gasteiger partial charge in [0, 0.05) is 45.4 Å². The van der Waals surface area contributed by atoms with E-state index in [-0.39, 0.29) is 5.91 Å². The molecular weight excluding hydrogens is 324 g/mol. The average molecular weight is 348 g/mol. The third kappa shape index (κ3) is 4.47. The largest absolute Gasteiger partial charge is 0.463 e. The summed E-state index contributed by atoms with van der Waals surface area (Å²) in [6, 6.07) is 5.31. The van der Waals surface area contributed by atoms with Crippen molar-refractivity contribution in [3.8, 4) is 11.5 Å². The molecule has 0 aliphatic carbocycles. The van der Waals surface area contributed by atoms with Gasteiger partial charge in [-0.05, 0) is 19.1 Å². The molecule has 1 atom stereocenters. The van der Waals surface area contributed by atoms with Gasteiger partial charge >= 0.3 is 0 Å². The number of H-pyrrole nitrogens is 1. The van der Waals surface area contributed by atoms with Crippen molar-refractivity contribution in [2.45, 2.75) is 13.0 Å². The summed E-state index contributed by atoms with van der Waals surface area (Å²) in [5.74, 6) is 0.559. The van der Waals surface area contributed by atoms with Gasteiger partial charge in [0.05, 0.1) is 19.0 Å². The van der Waals surface area contributed by atoms with Crippen LogP contribution in [0.25, 0.3) is 11.5 Å². The Hall–Kier alpha value is -2.16. The molecule has 0 unspecified atom stereocenters. The molecule has 0 bridgehead atoms. The summed E-state index contributed by atoms with van der Waals surface area (Å²) in [5.41, 5.74) is 1.07. The molecule has 2 aromatic heterocycles. The smallest absolute Gasteiger partial charge is 0.274 e. The first-order valence-electron chi connectivity index (χ1n) is 8.54. The number of piperazine rings is 1. The Labute approximate surface area is 146 Å². The van der Waals surface area contributed by atoms with Gasteiger partial charge in [-0.1, -0.05) is 0 Å². The number of aliphatic hydroxyl groups is 1. The van der Waals surface area contributed by atoms with Crippen LogP contribution in [-0.2, 0) is 4.74 Å². The second kappa shape index (κ2) is 8.28. The van der Waals surface area contributed by atoms with Crippen LogP contribution in [0.15, 0.2) is 28.9 Å². The quantitative estimate of drug-likeness (QED) is 0.769. The Balaban J connectivity index is 1.50. The van der Waals surface area contributed by atoms with Gasteiger partial charge in [0.2, 0.25) is 0 Å². The molecule has 1 saturated heterocycles. The summed E-state index contributed by atoms with van der Waals surface area (Å²) >= 11 is 0. The first-order chi connectivity index (χ1) is 12.2. The normalized spacial score (nSPS) is 17.0. The molecule has 1 aliphatic heterocycles. The molecule has 0 saturated carbocycles. The Morgan fingerprint density at radius 3 is 2.92 bits per heavy atom. The van der Waals surface area contributed by atoms with Crippen LogP contribution in [-0.4, -0.2) is 83.1 Å². The van der Waals surface area contributed by atoms with E-state index in [0.29, 0.717) is 50.0 Å². The lowest BCUT2D eigenvalue weighted by Crippen LogP contribution is -2.50. The van der Waals surface area contributed by atoms with Crippen molar-refractivity contribution in [2.24, 2.45) is 0 Å². The number of ether oxygens (including phenoxy) is 1. The number of hydrogen-bond acceptors (Lipinski definition) is 6. The van der Waals surface area contributed by atoms with Gasteiger partial charge in [-0.2, -0.15) is 5.10 Å². The van der Waals surface area contributed by atoms with Crippen molar-refractivity contribution < 1.29 is 19.1 Å². The molecule has 2 N–H and O–H groups in total. The SMILES string of the molecule is CCOC[C@@H](O)CN1CCN(C(=O)c2cc(-c3ccco3)[nH]n2)CC1. The fraction of sp³-hybridized carbons (Fsp3) is 0.529. The molecule has 25 heavy (non-hydrogen) atoms. The molecule has 1 amide bonds. The van der Waals surface area contributed by atoms with E-state index in [1.54, 1.807) is 23.3 Å². The predicted octanol–water partition coefficient (Wildman–Crippen LogP) is 0.825. The number of furan rings is 1. The summed E-state index contributed by atoms with van der Waals surface area (Å²) in [7, 11) is 0. The maximum Gasteiger partial charge on any atom is 0.274 e. The molecule has 8 heteroatoms. The van der Waals surface area contributed by atoms with E-state index in [2.05, 4.69) is 15.1 Å². The van der Waals surface area contributed by atoms with Crippen LogP contribution < -0.4 is 0 Å². The zero-order chi connectivity index (χ0) is 17.6. The monoisotopic (exact) mass is 348 g/mol. The zero-order valence-corrected chi connectivity index (χ0v) is 14.4. The van der Waals surface area contributed by atoms with E-state index in [4.69, 9.17) is 9.15 Å². The highest BCUT2D eigenvalue weighted by Gasteiger charge is 2.25. The molecule has 136 valence electrons. The topological polar surface area (TPSA) is 94.8 Å². The van der Waals surface area contributed by atoms with Crippen molar-refractivity contribution in [1.29, 1.82) is 0 Å². The summed E-state index contributed by atoms with van der Waals surface area (Å²) in [6.45, 7) is 6.10. The number of carbonyl (C=O) groups is 1. The number of amides is 1. The summed E-state index contributed by atoms with van der Waals surface area (Å²) in [4.78, 5) is 16.5. The van der Waals surface area contributed by atoms with E-state index in [1.807, 2.05) is 13.0 Å². The van der Waals surface area contributed by atoms with Crippen LogP contribution in [0.1, 0.15) is 17.4 Å². The highest BCUT2D eigenvalue weighted by atomic mass is 16.5. The van der Waals surface area contributed by atoms with Crippen molar-refractivity contribution in [3.63, 3.8) is 0 Å². The van der Waals surface area contributed by atoms with Gasteiger partial charge in [0.15, 0.2) is 11.5 Å². The number of aliphatic hydroxyl groups excluding tert-OH is 1. The number of carbonyl (C=O) groups excluding carboxylic acids is 1. The number of nitrogens with one attached hydrogen (secondary N) is 1. The molecule has 0 spiro atoms. The predicted molar refractivity (Wildman–Crippen MR) is 91.1 cm³/mol. The van der Waals surface area contributed by atoms with E-state index in [9.17, 15) is 9.90 Å². The van der Waals surface area contributed by atoms with Gasteiger partial charge in [-0.25, -0.2) is 0 Å². The molecule has 0 aromatic carbocycles. The lowest BCUT2D eigenvalue weighted by molar-refractivity contribution is 0.0110. The first-order valence-corrected chi connectivity index (χ1v) is 8.54. The van der Waals surface area contributed by atoms with Crippen molar-refractivity contribution >= 4 is 5.91 Å². The average Bonchev–Trinajstić information content (AvgIpc) is 3.31. The van der Waals surface area contributed by atoms with E-state index < -0.39 is 6.10 Å². The molecule has 3 rings (SSSR count). The Morgan fingerprint density at radius 1 is 1.44 bits per heavy atom. The third-order valence-electron chi connectivity index (χ3n) is 4.23. The first kappa shape index (κ1) is 17.7. The lowest BCUT2D eigenvalue weighted by Gasteiger charge is -2.35. The molecule has 1 fully saturated rings. The highest BCUT2D eigenvalue weighted by Crippen LogP contribution is 2.19.